The summed E-state index contributed by atoms with van der Waals surface area (Å²) in [5.41, 5.74) is 2.91. The molecule has 0 aliphatic heterocycles. The molecule has 0 aliphatic rings. The highest BCUT2D eigenvalue weighted by molar-refractivity contribution is 5.64. The van der Waals surface area contributed by atoms with Crippen LogP contribution in [0.25, 0.3) is 22.5 Å². The molecule has 0 fully saturated rings. The highest BCUT2D eigenvalue weighted by Gasteiger charge is 2.08. The van der Waals surface area contributed by atoms with Crippen LogP contribution >= 0.6 is 0 Å². The van der Waals surface area contributed by atoms with Crippen LogP contribution in [-0.2, 0) is 0 Å². The van der Waals surface area contributed by atoms with Crippen LogP contribution in [0.5, 0.6) is 11.5 Å². The number of aromatic nitrogens is 2. The largest absolute Gasteiger partial charge is 0.494 e. The second-order valence-corrected chi connectivity index (χ2v) is 10.1. The maximum atomic E-state index is 13.8. The van der Waals surface area contributed by atoms with Gasteiger partial charge in [0.1, 0.15) is 24.3 Å². The number of alkyl halides is 1. The van der Waals surface area contributed by atoms with E-state index in [2.05, 4.69) is 35.9 Å². The SMILES string of the molecule is CCCCCCCCCCCOc1ccc(-c2cnc(-c3ccc(OCC(F)CCCC)cc3)nc2)cc1. The minimum Gasteiger partial charge on any atom is -0.494 e. The Kier molecular flexibility index (Phi) is 13.7. The van der Waals surface area contributed by atoms with Gasteiger partial charge in [-0.05, 0) is 54.8 Å². The van der Waals surface area contributed by atoms with E-state index in [9.17, 15) is 4.39 Å². The lowest BCUT2D eigenvalue weighted by Crippen LogP contribution is -2.12. The molecular formula is C33H45FN2O2. The molecule has 0 saturated heterocycles. The molecule has 1 heterocycles. The first-order valence-corrected chi connectivity index (χ1v) is 14.6. The van der Waals surface area contributed by atoms with Gasteiger partial charge in [0.25, 0.3) is 0 Å². The van der Waals surface area contributed by atoms with Gasteiger partial charge in [-0.3, -0.25) is 0 Å². The topological polar surface area (TPSA) is 44.2 Å². The molecule has 1 atom stereocenters. The van der Waals surface area contributed by atoms with Crippen LogP contribution in [0.4, 0.5) is 4.39 Å². The van der Waals surface area contributed by atoms with E-state index in [1.807, 2.05) is 48.8 Å². The molecule has 5 heteroatoms. The molecule has 3 aromatic rings. The summed E-state index contributed by atoms with van der Waals surface area (Å²) in [5, 5.41) is 0. The molecule has 2 aromatic carbocycles. The van der Waals surface area contributed by atoms with E-state index < -0.39 is 6.17 Å². The van der Waals surface area contributed by atoms with Crippen molar-refractivity contribution in [3.05, 3.63) is 60.9 Å². The molecule has 0 radical (unpaired) electrons. The fourth-order valence-corrected chi connectivity index (χ4v) is 4.37. The highest BCUT2D eigenvalue weighted by atomic mass is 19.1. The van der Waals surface area contributed by atoms with Gasteiger partial charge in [-0.25, -0.2) is 14.4 Å². The summed E-state index contributed by atoms with van der Waals surface area (Å²) in [6.07, 6.45) is 17.0. The first-order valence-electron chi connectivity index (χ1n) is 14.6. The smallest absolute Gasteiger partial charge is 0.159 e. The van der Waals surface area contributed by atoms with Crippen molar-refractivity contribution in [3.63, 3.8) is 0 Å². The zero-order valence-electron chi connectivity index (χ0n) is 23.3. The number of nitrogens with zero attached hydrogens (tertiary/aromatic N) is 2. The van der Waals surface area contributed by atoms with Crippen molar-refractivity contribution in [1.82, 2.24) is 9.97 Å². The van der Waals surface area contributed by atoms with Gasteiger partial charge in [-0.15, -0.1) is 0 Å². The van der Waals surface area contributed by atoms with Gasteiger partial charge in [-0.1, -0.05) is 90.2 Å². The normalized spacial score (nSPS) is 11.9. The van der Waals surface area contributed by atoms with Crippen LogP contribution in [0.3, 0.4) is 0 Å². The van der Waals surface area contributed by atoms with Crippen LogP contribution in [-0.4, -0.2) is 29.4 Å². The average molecular weight is 521 g/mol. The van der Waals surface area contributed by atoms with E-state index >= 15 is 0 Å². The minimum atomic E-state index is -0.925. The quantitative estimate of drug-likeness (QED) is 0.148. The predicted octanol–water partition coefficient (Wildman–Crippen LogP) is 9.63. The van der Waals surface area contributed by atoms with Gasteiger partial charge < -0.3 is 9.47 Å². The molecule has 0 N–H and O–H groups in total. The lowest BCUT2D eigenvalue weighted by molar-refractivity contribution is 0.184. The Hall–Kier alpha value is -2.95. The average Bonchev–Trinajstić information content (AvgIpc) is 2.96. The first-order chi connectivity index (χ1) is 18.7. The molecule has 38 heavy (non-hydrogen) atoms. The molecule has 0 aliphatic carbocycles. The molecule has 0 spiro atoms. The van der Waals surface area contributed by atoms with Crippen LogP contribution in [0.15, 0.2) is 60.9 Å². The Labute approximate surface area is 229 Å². The molecule has 1 unspecified atom stereocenters. The Morgan fingerprint density at radius 1 is 0.605 bits per heavy atom. The van der Waals surface area contributed by atoms with Crippen molar-refractivity contribution in [3.8, 4) is 34.0 Å². The number of rotatable bonds is 19. The van der Waals surface area contributed by atoms with Crippen molar-refractivity contribution < 1.29 is 13.9 Å². The fraction of sp³-hybridized carbons (Fsp3) is 0.515. The third-order valence-electron chi connectivity index (χ3n) is 6.77. The van der Waals surface area contributed by atoms with Crippen molar-refractivity contribution >= 4 is 0 Å². The zero-order chi connectivity index (χ0) is 26.8. The van der Waals surface area contributed by atoms with Gasteiger partial charge in [0.2, 0.25) is 0 Å². The lowest BCUT2D eigenvalue weighted by atomic mass is 10.1. The van der Waals surface area contributed by atoms with Crippen molar-refractivity contribution in [1.29, 1.82) is 0 Å². The second-order valence-electron chi connectivity index (χ2n) is 10.1. The van der Waals surface area contributed by atoms with Gasteiger partial charge in [0.05, 0.1) is 6.61 Å². The second kappa shape index (κ2) is 17.5. The summed E-state index contributed by atoms with van der Waals surface area (Å²) in [7, 11) is 0. The summed E-state index contributed by atoms with van der Waals surface area (Å²) >= 11 is 0. The van der Waals surface area contributed by atoms with E-state index in [0.29, 0.717) is 18.0 Å². The summed E-state index contributed by atoms with van der Waals surface area (Å²) in [4.78, 5) is 9.10. The Morgan fingerprint density at radius 3 is 1.74 bits per heavy atom. The molecule has 3 rings (SSSR count). The molecule has 0 amide bonds. The third kappa shape index (κ3) is 10.8. The third-order valence-corrected chi connectivity index (χ3v) is 6.77. The first kappa shape index (κ1) is 29.6. The van der Waals surface area contributed by atoms with E-state index in [1.54, 1.807) is 0 Å². The number of ether oxygens (including phenoxy) is 2. The summed E-state index contributed by atoms with van der Waals surface area (Å²) in [5.74, 6) is 2.20. The summed E-state index contributed by atoms with van der Waals surface area (Å²) in [6.45, 7) is 5.18. The van der Waals surface area contributed by atoms with Gasteiger partial charge >= 0.3 is 0 Å². The molecular weight excluding hydrogens is 475 g/mol. The van der Waals surface area contributed by atoms with E-state index in [0.717, 1.165) is 48.3 Å². The van der Waals surface area contributed by atoms with Gasteiger partial charge in [-0.2, -0.15) is 0 Å². The van der Waals surface area contributed by atoms with Crippen molar-refractivity contribution in [2.45, 2.75) is 97.1 Å². The molecule has 4 nitrogen and oxygen atoms in total. The van der Waals surface area contributed by atoms with Crippen molar-refractivity contribution in [2.24, 2.45) is 0 Å². The van der Waals surface area contributed by atoms with Crippen LogP contribution in [0.2, 0.25) is 0 Å². The van der Waals surface area contributed by atoms with Crippen LogP contribution in [0.1, 0.15) is 90.9 Å². The zero-order valence-corrected chi connectivity index (χ0v) is 23.3. The molecule has 206 valence electrons. The van der Waals surface area contributed by atoms with Gasteiger partial charge in [0, 0.05) is 23.5 Å². The summed E-state index contributed by atoms with van der Waals surface area (Å²) in [6, 6.07) is 15.6. The van der Waals surface area contributed by atoms with Crippen LogP contribution in [0, 0.1) is 0 Å². The maximum absolute atomic E-state index is 13.8. The molecule has 0 saturated carbocycles. The Morgan fingerprint density at radius 2 is 1.13 bits per heavy atom. The summed E-state index contributed by atoms with van der Waals surface area (Å²) < 4.78 is 25.3. The molecule has 0 bridgehead atoms. The van der Waals surface area contributed by atoms with Crippen molar-refractivity contribution in [2.75, 3.05) is 13.2 Å². The van der Waals surface area contributed by atoms with E-state index in [-0.39, 0.29) is 6.61 Å². The highest BCUT2D eigenvalue weighted by Crippen LogP contribution is 2.24. The van der Waals surface area contributed by atoms with Gasteiger partial charge in [0.15, 0.2) is 5.82 Å². The number of hydrogen-bond donors (Lipinski definition) is 0. The van der Waals surface area contributed by atoms with E-state index in [1.165, 1.54) is 51.4 Å². The van der Waals surface area contributed by atoms with Crippen LogP contribution < -0.4 is 9.47 Å². The predicted molar refractivity (Wildman–Crippen MR) is 156 cm³/mol. The Bertz CT molecular complexity index is 1010. The Balaban J connectivity index is 1.39. The van der Waals surface area contributed by atoms with E-state index in [4.69, 9.17) is 9.47 Å². The lowest BCUT2D eigenvalue weighted by Gasteiger charge is -2.10. The number of hydrogen-bond acceptors (Lipinski definition) is 4. The standard InChI is InChI=1S/C33H45FN2O2/c1-3-5-7-8-9-10-11-12-13-23-37-31-19-15-27(16-20-31)29-24-35-33(36-25-29)28-17-21-32(22-18-28)38-26-30(34)14-6-4-2/h15-22,24-25,30H,3-14,23,26H2,1-2H3. The fourth-order valence-electron chi connectivity index (χ4n) is 4.37. The maximum Gasteiger partial charge on any atom is 0.159 e. The number of benzene rings is 2. The number of unbranched alkanes of at least 4 members (excludes halogenated alkanes) is 9. The molecule has 1 aromatic heterocycles. The minimum absolute atomic E-state index is 0.0909. The number of halogens is 1. The monoisotopic (exact) mass is 520 g/mol.